The van der Waals surface area contributed by atoms with E-state index in [0.717, 1.165) is 17.7 Å². The minimum absolute atomic E-state index is 0.558. The van der Waals surface area contributed by atoms with Crippen LogP contribution in [0.2, 0.25) is 0 Å². The molecule has 126 valence electrons. The van der Waals surface area contributed by atoms with Gasteiger partial charge in [-0.15, -0.1) is 0 Å². The molecule has 0 radical (unpaired) electrons. The van der Waals surface area contributed by atoms with Gasteiger partial charge in [0.15, 0.2) is 30.1 Å². The van der Waals surface area contributed by atoms with E-state index >= 15 is 0 Å². The Labute approximate surface area is 130 Å². The molecule has 0 unspecified atom stereocenters. The van der Waals surface area contributed by atoms with E-state index < -0.39 is 53.8 Å². The van der Waals surface area contributed by atoms with Gasteiger partial charge in [0.05, 0.1) is 12.3 Å². The maximum atomic E-state index is 13.6. The second-order valence-corrected chi connectivity index (χ2v) is 5.04. The predicted molar refractivity (Wildman–Crippen MR) is 73.6 cm³/mol. The van der Waals surface area contributed by atoms with Gasteiger partial charge in [-0.3, -0.25) is 14.2 Å². The second-order valence-electron chi connectivity index (χ2n) is 5.04. The largest absolute Gasteiger partial charge is 0.456 e. The number of aromatic nitrogens is 2. The van der Waals surface area contributed by atoms with Crippen LogP contribution in [-0.4, -0.2) is 39.8 Å². The van der Waals surface area contributed by atoms with Gasteiger partial charge >= 0.3 is 17.6 Å². The van der Waals surface area contributed by atoms with Gasteiger partial charge in [-0.2, -0.15) is 4.98 Å². The van der Waals surface area contributed by atoms with Gasteiger partial charge in [-0.25, -0.2) is 9.18 Å². The number of rotatable bonds is 3. The Balaban J connectivity index is 2.43. The Morgan fingerprint density at radius 3 is 2.43 bits per heavy atom. The summed E-state index contributed by atoms with van der Waals surface area (Å²) in [5.41, 5.74) is 4.34. The molecule has 10 heteroatoms. The van der Waals surface area contributed by atoms with Crippen LogP contribution in [0.25, 0.3) is 0 Å². The molecule has 2 N–H and O–H groups in total. The first-order chi connectivity index (χ1) is 10.7. The molecule has 4 atom stereocenters. The summed E-state index contributed by atoms with van der Waals surface area (Å²) in [6.45, 7) is 3.90. The van der Waals surface area contributed by atoms with Crippen molar-refractivity contribution >= 4 is 17.8 Å². The minimum atomic E-state index is -1.20. The van der Waals surface area contributed by atoms with Gasteiger partial charge < -0.3 is 19.9 Å². The molecule has 0 bridgehead atoms. The van der Waals surface area contributed by atoms with Crippen molar-refractivity contribution in [3.05, 3.63) is 22.5 Å². The van der Waals surface area contributed by atoms with Crippen LogP contribution < -0.4 is 11.4 Å². The Morgan fingerprint density at radius 2 is 1.87 bits per heavy atom. The fourth-order valence-electron chi connectivity index (χ4n) is 2.34. The van der Waals surface area contributed by atoms with Gasteiger partial charge in [-0.05, 0) is 6.92 Å². The van der Waals surface area contributed by atoms with Gasteiger partial charge in [-0.1, -0.05) is 0 Å². The maximum absolute atomic E-state index is 13.6. The molecule has 0 amide bonds. The molecule has 2 heterocycles. The normalized spacial score (nSPS) is 26.8. The van der Waals surface area contributed by atoms with Crippen molar-refractivity contribution in [1.82, 2.24) is 9.55 Å². The van der Waals surface area contributed by atoms with Crippen LogP contribution in [0.3, 0.4) is 0 Å². The third-order valence-electron chi connectivity index (χ3n) is 3.23. The van der Waals surface area contributed by atoms with Crippen LogP contribution >= 0.6 is 0 Å². The highest BCUT2D eigenvalue weighted by Crippen LogP contribution is 2.33. The van der Waals surface area contributed by atoms with E-state index in [4.69, 9.17) is 19.9 Å². The fourth-order valence-corrected chi connectivity index (χ4v) is 2.34. The number of nitrogen functional groups attached to an aromatic ring is 1. The van der Waals surface area contributed by atoms with E-state index in [-0.39, 0.29) is 0 Å². The summed E-state index contributed by atoms with van der Waals surface area (Å²) in [5, 5.41) is 0. The molecule has 1 fully saturated rings. The zero-order chi connectivity index (χ0) is 17.3. The molecule has 0 saturated carbocycles. The number of nitrogens with zero attached hydrogens (tertiary/aromatic N) is 2. The van der Waals surface area contributed by atoms with Crippen molar-refractivity contribution < 1.29 is 28.2 Å². The van der Waals surface area contributed by atoms with Crippen LogP contribution in [0.1, 0.15) is 27.0 Å². The molecule has 1 saturated heterocycles. The maximum Gasteiger partial charge on any atom is 0.351 e. The zero-order valence-electron chi connectivity index (χ0n) is 12.7. The molecular formula is C13H16FN3O6. The molecule has 1 aliphatic heterocycles. The lowest BCUT2D eigenvalue weighted by atomic mass is 10.1. The molecular weight excluding hydrogens is 313 g/mol. The van der Waals surface area contributed by atoms with Crippen LogP contribution in [0.15, 0.2) is 11.0 Å². The average molecular weight is 329 g/mol. The number of hydrogen-bond acceptors (Lipinski definition) is 8. The summed E-state index contributed by atoms with van der Waals surface area (Å²) in [4.78, 5) is 37.8. The number of carbonyl (C=O) groups is 2. The number of ether oxygens (including phenoxy) is 3. The topological polar surface area (TPSA) is 123 Å². The number of nitrogens with two attached hydrogens (primary N) is 1. The lowest BCUT2D eigenvalue weighted by Crippen LogP contribution is -2.40. The highest BCUT2D eigenvalue weighted by molar-refractivity contribution is 5.67. The highest BCUT2D eigenvalue weighted by atomic mass is 19.1. The lowest BCUT2D eigenvalue weighted by molar-refractivity contribution is -0.165. The van der Waals surface area contributed by atoms with Crippen LogP contribution in [0.5, 0.6) is 0 Å². The lowest BCUT2D eigenvalue weighted by Gasteiger charge is -2.23. The summed E-state index contributed by atoms with van der Waals surface area (Å²) in [6, 6.07) is 0. The molecule has 23 heavy (non-hydrogen) atoms. The number of carbonyl (C=O) groups excluding carboxylic acids is 2. The monoisotopic (exact) mass is 329 g/mol. The second kappa shape index (κ2) is 6.32. The summed E-state index contributed by atoms with van der Waals surface area (Å²) < 4.78 is 30.1. The van der Waals surface area contributed by atoms with Gasteiger partial charge in [0, 0.05) is 13.8 Å². The fraction of sp³-hybridized carbons (Fsp3) is 0.538. The Hall–Kier alpha value is -2.49. The van der Waals surface area contributed by atoms with Crippen molar-refractivity contribution in [2.45, 2.75) is 45.3 Å². The first-order valence-electron chi connectivity index (χ1n) is 6.74. The van der Waals surface area contributed by atoms with E-state index in [1.165, 1.54) is 6.92 Å². The number of hydrogen-bond donors (Lipinski definition) is 1. The zero-order valence-corrected chi connectivity index (χ0v) is 12.7. The van der Waals surface area contributed by atoms with Gasteiger partial charge in [0.1, 0.15) is 0 Å². The van der Waals surface area contributed by atoms with Crippen molar-refractivity contribution in [2.75, 3.05) is 5.73 Å². The summed E-state index contributed by atoms with van der Waals surface area (Å²) in [5.74, 6) is -2.78. The van der Waals surface area contributed by atoms with Crippen LogP contribution in [-0.2, 0) is 23.8 Å². The first kappa shape index (κ1) is 16.9. The SMILES string of the molecule is CC(=O)O[C@@H]1[C@H](OC(C)=O)[C@H](n2cc(F)c(N)nc2=O)O[C@@H]1C. The van der Waals surface area contributed by atoms with Crippen molar-refractivity contribution in [3.63, 3.8) is 0 Å². The van der Waals surface area contributed by atoms with E-state index in [0.29, 0.717) is 0 Å². The number of anilines is 1. The third-order valence-corrected chi connectivity index (χ3v) is 3.23. The number of esters is 2. The van der Waals surface area contributed by atoms with Crippen molar-refractivity contribution in [1.29, 1.82) is 0 Å². The summed E-state index contributed by atoms with van der Waals surface area (Å²) in [6.07, 6.45) is -3.17. The molecule has 0 aromatic carbocycles. The molecule has 9 nitrogen and oxygen atoms in total. The molecule has 0 aliphatic carbocycles. The first-order valence-corrected chi connectivity index (χ1v) is 6.74. The van der Waals surface area contributed by atoms with Crippen molar-refractivity contribution in [3.8, 4) is 0 Å². The molecule has 2 rings (SSSR count). The van der Waals surface area contributed by atoms with Crippen LogP contribution in [0.4, 0.5) is 10.2 Å². The van der Waals surface area contributed by atoms with E-state index in [1.54, 1.807) is 6.92 Å². The van der Waals surface area contributed by atoms with Gasteiger partial charge in [0.25, 0.3) is 0 Å². The standard InChI is InChI=1S/C13H16FN3O6/c1-5-9(22-6(2)18)10(23-7(3)19)12(21-5)17-4-8(14)11(15)16-13(17)20/h4-5,9-10,12H,1-3H3,(H2,15,16,20)/t5-,9+,10+,12-/m1/s1. The summed E-state index contributed by atoms with van der Waals surface area (Å²) >= 11 is 0. The highest BCUT2D eigenvalue weighted by Gasteiger charge is 2.48. The van der Waals surface area contributed by atoms with Gasteiger partial charge in [0.2, 0.25) is 0 Å². The Bertz CT molecular complexity index is 691. The minimum Gasteiger partial charge on any atom is -0.456 e. The molecule has 0 spiro atoms. The molecule has 1 aromatic rings. The van der Waals surface area contributed by atoms with Crippen LogP contribution in [0, 0.1) is 5.82 Å². The average Bonchev–Trinajstić information content (AvgIpc) is 2.70. The summed E-state index contributed by atoms with van der Waals surface area (Å²) in [7, 11) is 0. The predicted octanol–water partition coefficient (Wildman–Crippen LogP) is -0.255. The molecule has 1 aromatic heterocycles. The van der Waals surface area contributed by atoms with E-state index in [1.807, 2.05) is 0 Å². The van der Waals surface area contributed by atoms with E-state index in [9.17, 15) is 18.8 Å². The quantitative estimate of drug-likeness (QED) is 0.753. The third kappa shape index (κ3) is 3.47. The Kier molecular flexibility index (Phi) is 4.64. The molecule has 1 aliphatic rings. The number of halogens is 1. The van der Waals surface area contributed by atoms with E-state index in [2.05, 4.69) is 4.98 Å². The smallest absolute Gasteiger partial charge is 0.351 e. The Morgan fingerprint density at radius 1 is 1.30 bits per heavy atom. The van der Waals surface area contributed by atoms with Crippen molar-refractivity contribution in [2.24, 2.45) is 0 Å².